The molecule has 0 bridgehead atoms. The van der Waals surface area contributed by atoms with Crippen LogP contribution in [0.15, 0.2) is 9.90 Å². The molecule has 2 aromatic rings. The van der Waals surface area contributed by atoms with E-state index in [1.165, 1.54) is 0 Å². The highest BCUT2D eigenvalue weighted by Crippen LogP contribution is 2.32. The molecule has 23 heavy (non-hydrogen) atoms. The zero-order valence-corrected chi connectivity index (χ0v) is 13.4. The second-order valence-corrected chi connectivity index (χ2v) is 5.72. The molecule has 6 nitrogen and oxygen atoms in total. The van der Waals surface area contributed by atoms with E-state index in [0.717, 1.165) is 16.7 Å². The van der Waals surface area contributed by atoms with Gasteiger partial charge in [-0.1, -0.05) is 12.1 Å². The first kappa shape index (κ1) is 17.3. The molecule has 2 aromatic heterocycles. The summed E-state index contributed by atoms with van der Waals surface area (Å²) in [5.41, 5.74) is -0.00402. The number of carbonyl (C=O) groups is 1. The van der Waals surface area contributed by atoms with Gasteiger partial charge in [-0.3, -0.25) is 0 Å². The van der Waals surface area contributed by atoms with Crippen molar-refractivity contribution in [2.24, 2.45) is 0 Å². The van der Waals surface area contributed by atoms with Crippen molar-refractivity contribution in [2.75, 3.05) is 5.32 Å². The van der Waals surface area contributed by atoms with Gasteiger partial charge in [-0.15, -0.1) is 11.3 Å². The number of aryl methyl sites for hydroxylation is 2. The van der Waals surface area contributed by atoms with E-state index in [-0.39, 0.29) is 5.01 Å². The Hall–Kier alpha value is -2.10. The van der Waals surface area contributed by atoms with Crippen LogP contribution in [0.5, 0.6) is 0 Å². The lowest BCUT2D eigenvalue weighted by molar-refractivity contribution is -0.140. The summed E-state index contributed by atoms with van der Waals surface area (Å²) in [5, 5.41) is 10.0. The minimum absolute atomic E-state index is 0.203. The molecule has 2 amide bonds. The van der Waals surface area contributed by atoms with Crippen LogP contribution in [0, 0.1) is 13.8 Å². The van der Waals surface area contributed by atoms with Crippen molar-refractivity contribution in [3.63, 3.8) is 0 Å². The molecular weight excluding hydrogens is 333 g/mol. The van der Waals surface area contributed by atoms with Crippen LogP contribution >= 0.6 is 11.3 Å². The molecule has 0 unspecified atom stereocenters. The van der Waals surface area contributed by atoms with E-state index < -0.39 is 23.9 Å². The monoisotopic (exact) mass is 348 g/mol. The van der Waals surface area contributed by atoms with Crippen LogP contribution in [0.1, 0.15) is 41.5 Å². The normalized spacial score (nSPS) is 13.0. The van der Waals surface area contributed by atoms with Gasteiger partial charge in [0.25, 0.3) is 0 Å². The van der Waals surface area contributed by atoms with E-state index in [1.807, 2.05) is 0 Å². The van der Waals surface area contributed by atoms with E-state index in [1.54, 1.807) is 20.8 Å². The van der Waals surface area contributed by atoms with E-state index in [0.29, 0.717) is 23.6 Å². The summed E-state index contributed by atoms with van der Waals surface area (Å²) in [7, 11) is 0. The van der Waals surface area contributed by atoms with E-state index in [2.05, 4.69) is 20.8 Å². The molecule has 0 saturated carbocycles. The molecule has 126 valence electrons. The molecule has 0 aliphatic heterocycles. The number of thiazole rings is 1. The molecule has 0 saturated heterocycles. The number of anilines is 1. The summed E-state index contributed by atoms with van der Waals surface area (Å²) in [6.45, 7) is 5.05. The number of halogens is 3. The summed E-state index contributed by atoms with van der Waals surface area (Å²) in [6.07, 6.45) is -4.09. The number of carbonyl (C=O) groups excluding carboxylic acids is 1. The Morgan fingerprint density at radius 3 is 2.61 bits per heavy atom. The van der Waals surface area contributed by atoms with Crippen LogP contribution in [-0.2, 0) is 6.18 Å². The van der Waals surface area contributed by atoms with Gasteiger partial charge in [0.15, 0.2) is 11.5 Å². The Bertz CT molecular complexity index is 676. The molecule has 2 heterocycles. The number of rotatable bonds is 4. The first-order chi connectivity index (χ1) is 10.7. The topological polar surface area (TPSA) is 80.0 Å². The van der Waals surface area contributed by atoms with Crippen molar-refractivity contribution >= 4 is 23.1 Å². The number of alkyl halides is 3. The van der Waals surface area contributed by atoms with Crippen molar-refractivity contribution in [3.8, 4) is 0 Å². The van der Waals surface area contributed by atoms with Crippen molar-refractivity contribution in [3.05, 3.63) is 27.5 Å². The molecule has 2 rings (SSSR count). The Kier molecular flexibility index (Phi) is 4.93. The predicted octanol–water partition coefficient (Wildman–Crippen LogP) is 4.04. The van der Waals surface area contributed by atoms with Crippen molar-refractivity contribution in [1.82, 2.24) is 15.5 Å². The lowest BCUT2D eigenvalue weighted by Gasteiger charge is -2.15. The number of nitrogens with one attached hydrogen (secondary N) is 2. The number of hydrogen-bond acceptors (Lipinski definition) is 5. The van der Waals surface area contributed by atoms with Gasteiger partial charge in [0, 0.05) is 5.38 Å². The fraction of sp³-hybridized carbons (Fsp3) is 0.462. The average Bonchev–Trinajstić information content (AvgIpc) is 3.07. The SMILES string of the molecule is CC[C@@H](NC(=O)Nc1c(C)noc1C)c1nc(C(F)(F)F)cs1. The van der Waals surface area contributed by atoms with Crippen LogP contribution in [0.25, 0.3) is 0 Å². The lowest BCUT2D eigenvalue weighted by Crippen LogP contribution is -2.32. The van der Waals surface area contributed by atoms with Crippen molar-refractivity contribution < 1.29 is 22.5 Å². The average molecular weight is 348 g/mol. The van der Waals surface area contributed by atoms with Gasteiger partial charge in [0.2, 0.25) is 0 Å². The fourth-order valence-corrected chi connectivity index (χ4v) is 2.85. The predicted molar refractivity (Wildman–Crippen MR) is 78.3 cm³/mol. The molecule has 0 radical (unpaired) electrons. The number of aromatic nitrogens is 2. The Morgan fingerprint density at radius 2 is 2.13 bits per heavy atom. The molecule has 0 aliphatic rings. The van der Waals surface area contributed by atoms with Crippen LogP contribution in [-0.4, -0.2) is 16.2 Å². The Labute approximate surface area is 134 Å². The summed E-state index contributed by atoms with van der Waals surface area (Å²) in [6, 6.07) is -1.17. The number of amides is 2. The lowest BCUT2D eigenvalue weighted by atomic mass is 10.2. The van der Waals surface area contributed by atoms with Crippen LogP contribution in [0.4, 0.5) is 23.7 Å². The number of urea groups is 1. The van der Waals surface area contributed by atoms with Gasteiger partial charge in [0.1, 0.15) is 16.4 Å². The molecule has 2 N–H and O–H groups in total. The van der Waals surface area contributed by atoms with Gasteiger partial charge < -0.3 is 15.2 Å². The molecule has 0 aliphatic carbocycles. The quantitative estimate of drug-likeness (QED) is 0.874. The van der Waals surface area contributed by atoms with E-state index in [4.69, 9.17) is 4.52 Å². The minimum atomic E-state index is -4.49. The van der Waals surface area contributed by atoms with Crippen LogP contribution in [0.3, 0.4) is 0 Å². The first-order valence-electron chi connectivity index (χ1n) is 6.75. The van der Waals surface area contributed by atoms with Gasteiger partial charge in [-0.05, 0) is 20.3 Å². The molecule has 0 fully saturated rings. The Balaban J connectivity index is 2.07. The zero-order valence-electron chi connectivity index (χ0n) is 12.6. The third-order valence-electron chi connectivity index (χ3n) is 3.10. The van der Waals surface area contributed by atoms with E-state index >= 15 is 0 Å². The summed E-state index contributed by atoms with van der Waals surface area (Å²) in [5.74, 6) is 0.444. The number of nitrogens with zero attached hydrogens (tertiary/aromatic N) is 2. The first-order valence-corrected chi connectivity index (χ1v) is 7.63. The van der Waals surface area contributed by atoms with Gasteiger partial charge in [0.05, 0.1) is 6.04 Å². The summed E-state index contributed by atoms with van der Waals surface area (Å²) < 4.78 is 42.7. The van der Waals surface area contributed by atoms with E-state index in [9.17, 15) is 18.0 Å². The molecule has 0 spiro atoms. The molecule has 1 atom stereocenters. The minimum Gasteiger partial charge on any atom is -0.359 e. The summed E-state index contributed by atoms with van der Waals surface area (Å²) in [4.78, 5) is 15.6. The third kappa shape index (κ3) is 4.01. The zero-order chi connectivity index (χ0) is 17.2. The number of hydrogen-bond donors (Lipinski definition) is 2. The molecule has 10 heteroatoms. The smallest absolute Gasteiger partial charge is 0.359 e. The van der Waals surface area contributed by atoms with Crippen LogP contribution < -0.4 is 10.6 Å². The Morgan fingerprint density at radius 1 is 1.43 bits per heavy atom. The van der Waals surface area contributed by atoms with Gasteiger partial charge in [-0.2, -0.15) is 13.2 Å². The second kappa shape index (κ2) is 6.57. The highest BCUT2D eigenvalue weighted by atomic mass is 32.1. The van der Waals surface area contributed by atoms with Crippen LogP contribution in [0.2, 0.25) is 0 Å². The fourth-order valence-electron chi connectivity index (χ4n) is 1.89. The highest BCUT2D eigenvalue weighted by Gasteiger charge is 2.34. The molecule has 0 aromatic carbocycles. The van der Waals surface area contributed by atoms with Gasteiger partial charge in [-0.25, -0.2) is 9.78 Å². The largest absolute Gasteiger partial charge is 0.434 e. The standard InChI is InChI=1S/C13H15F3N4O2S/c1-4-8(11-18-9(5-23-11)13(14,15)16)17-12(21)19-10-6(2)20-22-7(10)3/h5,8H,4H2,1-3H3,(H2,17,19,21)/t8-/m1/s1. The summed E-state index contributed by atoms with van der Waals surface area (Å²) >= 11 is 0.861. The molecular formula is C13H15F3N4O2S. The third-order valence-corrected chi connectivity index (χ3v) is 4.05. The van der Waals surface area contributed by atoms with Gasteiger partial charge >= 0.3 is 12.2 Å². The maximum absolute atomic E-state index is 12.6. The second-order valence-electron chi connectivity index (χ2n) is 4.83. The van der Waals surface area contributed by atoms with Crippen molar-refractivity contribution in [1.29, 1.82) is 0 Å². The highest BCUT2D eigenvalue weighted by molar-refractivity contribution is 7.09. The van der Waals surface area contributed by atoms with Crippen molar-refractivity contribution in [2.45, 2.75) is 39.4 Å². The maximum atomic E-state index is 12.6. The maximum Gasteiger partial charge on any atom is 0.434 e.